The average Bonchev–Trinajstić information content (AvgIpc) is 3.62. The van der Waals surface area contributed by atoms with Crippen molar-refractivity contribution in [2.24, 2.45) is 21.6 Å². The molecule has 4 aromatic rings. The van der Waals surface area contributed by atoms with Gasteiger partial charge < -0.3 is 10.5 Å². The minimum absolute atomic E-state index is 0.134. The van der Waals surface area contributed by atoms with Crippen LogP contribution in [0.1, 0.15) is 77.1 Å². The van der Waals surface area contributed by atoms with Crippen LogP contribution in [-0.4, -0.2) is 50.0 Å². The van der Waals surface area contributed by atoms with Crippen molar-refractivity contribution in [2.45, 2.75) is 77.4 Å². The van der Waals surface area contributed by atoms with Gasteiger partial charge in [0.15, 0.2) is 11.5 Å². The molecule has 2 aromatic heterocycles. The summed E-state index contributed by atoms with van der Waals surface area (Å²) < 4.78 is 61.4. The number of esters is 1. The van der Waals surface area contributed by atoms with E-state index in [9.17, 15) is 27.2 Å². The van der Waals surface area contributed by atoms with Crippen LogP contribution in [0.5, 0.6) is 0 Å². The van der Waals surface area contributed by atoms with Gasteiger partial charge in [-0.2, -0.15) is 13.9 Å². The standard InChI is InChI=1S/C38H39ClF4N6O3/c1-35(2,3)22-38(26-11-8-23(9-12-26)25-19-46-48(20-25)33(40)41)32(51)49(34(44)47-38)30(21-52-31(50)18-37(14-15-37)36(4,42)43)24-10-13-28(39)27(17-24)29-7-5-6-16-45-29/h5-13,16-17,19-20,30,33H,14-15,18,21-22H2,1-4H3,(H2,44,47)/t30-,38-/m1/s1. The molecule has 0 unspecified atom stereocenters. The monoisotopic (exact) mass is 738 g/mol. The molecular weight excluding hydrogens is 700 g/mol. The predicted octanol–water partition coefficient (Wildman–Crippen LogP) is 8.56. The number of aromatic nitrogens is 3. The predicted molar refractivity (Wildman–Crippen MR) is 188 cm³/mol. The van der Waals surface area contributed by atoms with Crippen molar-refractivity contribution < 1.29 is 31.9 Å². The number of benzene rings is 2. The Morgan fingerprint density at radius 1 is 1.04 bits per heavy atom. The normalized spacial score (nSPS) is 19.2. The zero-order valence-corrected chi connectivity index (χ0v) is 29.9. The number of nitrogens with two attached hydrogens (primary N) is 1. The lowest BCUT2D eigenvalue weighted by Crippen LogP contribution is -2.47. The number of halogens is 5. The molecular formula is C38H39ClF4N6O3. The zero-order chi connectivity index (χ0) is 37.6. The number of nitrogens with zero attached hydrogens (tertiary/aromatic N) is 5. The van der Waals surface area contributed by atoms with E-state index in [1.807, 2.05) is 20.8 Å². The summed E-state index contributed by atoms with van der Waals surface area (Å²) in [4.78, 5) is 38.6. The van der Waals surface area contributed by atoms with Crippen LogP contribution in [0.2, 0.25) is 5.02 Å². The van der Waals surface area contributed by atoms with E-state index in [0.29, 0.717) is 43.2 Å². The number of guanidine groups is 1. The Morgan fingerprint density at radius 2 is 1.75 bits per heavy atom. The Bertz CT molecular complexity index is 1990. The number of ether oxygens (including phenoxy) is 1. The molecule has 2 atom stereocenters. The summed E-state index contributed by atoms with van der Waals surface area (Å²) in [6, 6.07) is 16.1. The fourth-order valence-electron chi connectivity index (χ4n) is 6.82. The lowest BCUT2D eigenvalue weighted by Gasteiger charge is -2.35. The van der Waals surface area contributed by atoms with Gasteiger partial charge in [0.05, 0.1) is 24.4 Å². The van der Waals surface area contributed by atoms with Gasteiger partial charge in [-0.1, -0.05) is 68.8 Å². The number of pyridine rings is 1. The molecule has 1 aliphatic carbocycles. The number of carbonyl (C=O) groups excluding carboxylic acids is 2. The smallest absolute Gasteiger partial charge is 0.333 e. The maximum atomic E-state index is 15.0. The van der Waals surface area contributed by atoms with Crippen molar-refractivity contribution in [1.29, 1.82) is 0 Å². The molecule has 14 heteroatoms. The van der Waals surface area contributed by atoms with Crippen LogP contribution in [0.4, 0.5) is 17.6 Å². The molecule has 3 heterocycles. The number of alkyl halides is 4. The first-order valence-electron chi connectivity index (χ1n) is 16.8. The molecule has 1 amide bonds. The maximum absolute atomic E-state index is 15.0. The lowest BCUT2D eigenvalue weighted by atomic mass is 9.75. The third-order valence-corrected chi connectivity index (χ3v) is 10.0. The molecule has 1 aliphatic heterocycles. The van der Waals surface area contributed by atoms with E-state index >= 15 is 0 Å². The molecule has 6 rings (SSSR count). The highest BCUT2D eigenvalue weighted by molar-refractivity contribution is 6.33. The molecule has 2 aliphatic rings. The Balaban J connectivity index is 1.38. The molecule has 1 fully saturated rings. The van der Waals surface area contributed by atoms with Gasteiger partial charge in [0.25, 0.3) is 11.8 Å². The summed E-state index contributed by atoms with van der Waals surface area (Å²) in [5.74, 6) is -4.51. The number of carbonyl (C=O) groups is 2. The summed E-state index contributed by atoms with van der Waals surface area (Å²) in [5, 5.41) is 4.10. The van der Waals surface area contributed by atoms with Crippen molar-refractivity contribution in [1.82, 2.24) is 19.7 Å². The number of amides is 1. The molecule has 2 N–H and O–H groups in total. The first-order valence-corrected chi connectivity index (χ1v) is 17.2. The summed E-state index contributed by atoms with van der Waals surface area (Å²) >= 11 is 6.61. The second-order valence-electron chi connectivity index (χ2n) is 14.8. The van der Waals surface area contributed by atoms with Crippen molar-refractivity contribution in [3.8, 4) is 22.4 Å². The van der Waals surface area contributed by atoms with Gasteiger partial charge in [-0.25, -0.2) is 18.5 Å². The van der Waals surface area contributed by atoms with E-state index in [-0.39, 0.29) is 25.2 Å². The van der Waals surface area contributed by atoms with E-state index in [4.69, 9.17) is 27.1 Å². The molecule has 0 spiro atoms. The molecule has 2 aromatic carbocycles. The van der Waals surface area contributed by atoms with Gasteiger partial charge in [0.1, 0.15) is 6.61 Å². The van der Waals surface area contributed by atoms with Crippen molar-refractivity contribution in [3.05, 3.63) is 95.4 Å². The summed E-state index contributed by atoms with van der Waals surface area (Å²) in [5.41, 5.74) is 6.37. The van der Waals surface area contributed by atoms with Gasteiger partial charge in [-0.15, -0.1) is 0 Å². The van der Waals surface area contributed by atoms with Crippen LogP contribution in [0.25, 0.3) is 22.4 Å². The van der Waals surface area contributed by atoms with Crippen LogP contribution in [0.15, 0.2) is 84.2 Å². The van der Waals surface area contributed by atoms with Crippen molar-refractivity contribution >= 4 is 29.4 Å². The minimum Gasteiger partial charge on any atom is -0.463 e. The largest absolute Gasteiger partial charge is 0.463 e. The van der Waals surface area contributed by atoms with Gasteiger partial charge in [-0.05, 0) is 72.6 Å². The minimum atomic E-state index is -3.06. The Hall–Kier alpha value is -4.78. The SMILES string of the molecule is CC(C)(C)C[C@]1(c2ccc(-c3cnn(C(F)F)c3)cc2)N=C(N)N([C@H](COC(=O)CC2(C(C)(F)F)CC2)c2ccc(Cl)c(-c3ccccn3)c2)C1=O. The Kier molecular flexibility index (Phi) is 9.71. The highest BCUT2D eigenvalue weighted by atomic mass is 35.5. The number of hydrogen-bond acceptors (Lipinski definition) is 7. The van der Waals surface area contributed by atoms with E-state index in [1.165, 1.54) is 17.3 Å². The Labute approximate surface area is 303 Å². The fraction of sp³-hybridized carbons (Fsp3) is 0.395. The molecule has 274 valence electrons. The van der Waals surface area contributed by atoms with E-state index in [0.717, 1.165) is 6.92 Å². The molecule has 1 saturated carbocycles. The number of rotatable bonds is 12. The van der Waals surface area contributed by atoms with E-state index in [2.05, 4.69) is 10.1 Å². The summed E-state index contributed by atoms with van der Waals surface area (Å²) in [6.45, 7) is 3.47. The van der Waals surface area contributed by atoms with Crippen molar-refractivity contribution in [2.75, 3.05) is 6.61 Å². The van der Waals surface area contributed by atoms with Gasteiger partial charge >= 0.3 is 12.5 Å². The van der Waals surface area contributed by atoms with Crippen LogP contribution < -0.4 is 5.73 Å². The maximum Gasteiger partial charge on any atom is 0.333 e. The van der Waals surface area contributed by atoms with Crippen LogP contribution in [0.3, 0.4) is 0 Å². The topological polar surface area (TPSA) is 116 Å². The second kappa shape index (κ2) is 13.6. The quantitative estimate of drug-likeness (QED) is 0.115. The van der Waals surface area contributed by atoms with Crippen LogP contribution in [-0.2, 0) is 19.9 Å². The molecule has 0 saturated heterocycles. The Morgan fingerprint density at radius 3 is 2.33 bits per heavy atom. The first-order chi connectivity index (χ1) is 24.4. The molecule has 0 radical (unpaired) electrons. The summed E-state index contributed by atoms with van der Waals surface area (Å²) in [7, 11) is 0. The highest BCUT2D eigenvalue weighted by Gasteiger charge is 2.60. The third-order valence-electron chi connectivity index (χ3n) is 9.71. The second-order valence-corrected chi connectivity index (χ2v) is 15.2. The fourth-order valence-corrected chi connectivity index (χ4v) is 7.03. The van der Waals surface area contributed by atoms with Crippen LogP contribution >= 0.6 is 11.6 Å². The number of hydrogen-bond donors (Lipinski definition) is 1. The lowest BCUT2D eigenvalue weighted by molar-refractivity contribution is -0.153. The van der Waals surface area contributed by atoms with Gasteiger partial charge in [-0.3, -0.25) is 19.5 Å². The number of aliphatic imine (C=N–C) groups is 1. The van der Waals surface area contributed by atoms with Gasteiger partial charge in [0.2, 0.25) is 0 Å². The summed E-state index contributed by atoms with van der Waals surface area (Å²) in [6.07, 6.45) is 4.32. The van der Waals surface area contributed by atoms with Gasteiger partial charge in [0, 0.05) is 34.0 Å². The molecule has 0 bridgehead atoms. The first kappa shape index (κ1) is 37.0. The molecule has 52 heavy (non-hydrogen) atoms. The molecule has 9 nitrogen and oxygen atoms in total. The zero-order valence-electron chi connectivity index (χ0n) is 29.1. The average molecular weight is 739 g/mol. The third kappa shape index (κ3) is 7.28. The van der Waals surface area contributed by atoms with E-state index < -0.39 is 59.8 Å². The van der Waals surface area contributed by atoms with Crippen LogP contribution in [0, 0.1) is 10.8 Å². The highest BCUT2D eigenvalue weighted by Crippen LogP contribution is 2.59. The van der Waals surface area contributed by atoms with Crippen molar-refractivity contribution in [3.63, 3.8) is 0 Å². The van der Waals surface area contributed by atoms with E-state index in [1.54, 1.807) is 66.9 Å².